The summed E-state index contributed by atoms with van der Waals surface area (Å²) >= 11 is 3.44. The van der Waals surface area contributed by atoms with Crippen molar-refractivity contribution in [3.05, 3.63) is 22.3 Å². The fourth-order valence-corrected chi connectivity index (χ4v) is 1.99. The van der Waals surface area contributed by atoms with Crippen molar-refractivity contribution in [2.45, 2.75) is 45.8 Å². The summed E-state index contributed by atoms with van der Waals surface area (Å²) in [4.78, 5) is 15.8. The van der Waals surface area contributed by atoms with Gasteiger partial charge < -0.3 is 14.8 Å². The number of nitrogens with zero attached hydrogens (tertiary/aromatic N) is 1. The maximum absolute atomic E-state index is 11.7. The monoisotopic (exact) mass is 344 g/mol. The van der Waals surface area contributed by atoms with Gasteiger partial charge in [0.2, 0.25) is 5.88 Å². The Morgan fingerprint density at radius 1 is 1.50 bits per heavy atom. The molecule has 0 radical (unpaired) electrons. The predicted molar refractivity (Wildman–Crippen MR) is 81.0 cm³/mol. The lowest BCUT2D eigenvalue weighted by Gasteiger charge is -2.22. The number of alkyl carbamates (subject to hydrolysis) is 1. The molecule has 0 spiro atoms. The van der Waals surface area contributed by atoms with E-state index in [0.29, 0.717) is 12.3 Å². The molecule has 5 nitrogen and oxygen atoms in total. The molecule has 0 aromatic carbocycles. The lowest BCUT2D eigenvalue weighted by Crippen LogP contribution is -2.38. The lowest BCUT2D eigenvalue weighted by atomic mass is 10.1. The van der Waals surface area contributed by atoms with Gasteiger partial charge in [-0.15, -0.1) is 0 Å². The second-order valence-corrected chi connectivity index (χ2v) is 6.42. The highest BCUT2D eigenvalue weighted by Gasteiger charge is 2.18. The molecule has 1 rings (SSSR count). The molecule has 0 fully saturated rings. The average Bonchev–Trinajstić information content (AvgIpc) is 2.29. The number of halogens is 1. The number of nitrogens with one attached hydrogen (secondary N) is 1. The minimum atomic E-state index is -0.496. The fourth-order valence-electron chi connectivity index (χ4n) is 1.62. The van der Waals surface area contributed by atoms with Gasteiger partial charge in [0.15, 0.2) is 0 Å². The SMILES string of the molecule is COc1cc(CC(C)NC(=O)OC(C)(C)C)c(Br)cn1. The van der Waals surface area contributed by atoms with Crippen LogP contribution in [0.3, 0.4) is 0 Å². The normalized spacial score (nSPS) is 12.7. The van der Waals surface area contributed by atoms with Crippen LogP contribution < -0.4 is 10.1 Å². The quantitative estimate of drug-likeness (QED) is 0.910. The van der Waals surface area contributed by atoms with Crippen molar-refractivity contribution >= 4 is 22.0 Å². The number of hydrogen-bond acceptors (Lipinski definition) is 4. The summed E-state index contributed by atoms with van der Waals surface area (Å²) in [7, 11) is 1.57. The van der Waals surface area contributed by atoms with Gasteiger partial charge >= 0.3 is 6.09 Å². The summed E-state index contributed by atoms with van der Waals surface area (Å²) in [6.07, 6.45) is 1.93. The van der Waals surface area contributed by atoms with Crippen LogP contribution in [0.25, 0.3) is 0 Å². The molecular weight excluding hydrogens is 324 g/mol. The summed E-state index contributed by atoms with van der Waals surface area (Å²) in [6.45, 7) is 7.42. The minimum absolute atomic E-state index is 0.0618. The first-order valence-electron chi connectivity index (χ1n) is 6.39. The van der Waals surface area contributed by atoms with Gasteiger partial charge in [-0.3, -0.25) is 0 Å². The van der Waals surface area contributed by atoms with Gasteiger partial charge in [-0.1, -0.05) is 0 Å². The first kappa shape index (κ1) is 16.8. The van der Waals surface area contributed by atoms with E-state index in [9.17, 15) is 4.79 Å². The molecule has 1 aromatic heterocycles. The molecule has 1 aromatic rings. The first-order chi connectivity index (χ1) is 9.21. The van der Waals surface area contributed by atoms with E-state index in [1.807, 2.05) is 33.8 Å². The molecule has 1 heterocycles. The minimum Gasteiger partial charge on any atom is -0.481 e. The summed E-state index contributed by atoms with van der Waals surface area (Å²) in [5.41, 5.74) is 0.519. The van der Waals surface area contributed by atoms with Crippen LogP contribution in [0.1, 0.15) is 33.3 Å². The molecule has 0 aliphatic carbocycles. The fraction of sp³-hybridized carbons (Fsp3) is 0.571. The van der Waals surface area contributed by atoms with Crippen molar-refractivity contribution in [1.29, 1.82) is 0 Å². The van der Waals surface area contributed by atoms with E-state index >= 15 is 0 Å². The summed E-state index contributed by atoms with van der Waals surface area (Å²) < 4.78 is 11.2. The Kier molecular flexibility index (Phi) is 5.80. The molecule has 0 saturated heterocycles. The predicted octanol–water partition coefficient (Wildman–Crippen LogP) is 3.31. The molecule has 0 bridgehead atoms. The van der Waals surface area contributed by atoms with Crippen LogP contribution in [0, 0.1) is 0 Å². The van der Waals surface area contributed by atoms with E-state index in [2.05, 4.69) is 26.2 Å². The van der Waals surface area contributed by atoms with Crippen molar-refractivity contribution in [2.24, 2.45) is 0 Å². The molecule has 1 amide bonds. The molecule has 0 saturated carbocycles. The zero-order valence-corrected chi connectivity index (χ0v) is 14.1. The average molecular weight is 345 g/mol. The number of ether oxygens (including phenoxy) is 2. The molecule has 6 heteroatoms. The van der Waals surface area contributed by atoms with Gasteiger partial charge in [-0.05, 0) is 55.6 Å². The molecule has 0 aliphatic heterocycles. The highest BCUT2D eigenvalue weighted by Crippen LogP contribution is 2.21. The number of carbonyl (C=O) groups is 1. The Morgan fingerprint density at radius 3 is 2.70 bits per heavy atom. The molecule has 1 unspecified atom stereocenters. The van der Waals surface area contributed by atoms with Crippen molar-refractivity contribution in [1.82, 2.24) is 10.3 Å². The Balaban J connectivity index is 2.62. The maximum Gasteiger partial charge on any atom is 0.407 e. The number of aromatic nitrogens is 1. The van der Waals surface area contributed by atoms with Gasteiger partial charge in [-0.25, -0.2) is 9.78 Å². The largest absolute Gasteiger partial charge is 0.481 e. The van der Waals surface area contributed by atoms with E-state index in [4.69, 9.17) is 9.47 Å². The van der Waals surface area contributed by atoms with Crippen LogP contribution in [-0.2, 0) is 11.2 Å². The van der Waals surface area contributed by atoms with Crippen molar-refractivity contribution in [3.63, 3.8) is 0 Å². The topological polar surface area (TPSA) is 60.5 Å². The Morgan fingerprint density at radius 2 is 2.15 bits per heavy atom. The van der Waals surface area contributed by atoms with E-state index in [0.717, 1.165) is 10.0 Å². The lowest BCUT2D eigenvalue weighted by molar-refractivity contribution is 0.0508. The number of carbonyl (C=O) groups excluding carboxylic acids is 1. The van der Waals surface area contributed by atoms with Crippen LogP contribution in [0.2, 0.25) is 0 Å². The number of pyridine rings is 1. The van der Waals surface area contributed by atoms with E-state index < -0.39 is 11.7 Å². The van der Waals surface area contributed by atoms with Crippen molar-refractivity contribution in [2.75, 3.05) is 7.11 Å². The van der Waals surface area contributed by atoms with Crippen molar-refractivity contribution in [3.8, 4) is 5.88 Å². The maximum atomic E-state index is 11.7. The van der Waals surface area contributed by atoms with Crippen molar-refractivity contribution < 1.29 is 14.3 Å². The molecule has 1 atom stereocenters. The third-order valence-corrected chi connectivity index (χ3v) is 3.12. The van der Waals surface area contributed by atoms with Gasteiger partial charge in [0.25, 0.3) is 0 Å². The molecule has 20 heavy (non-hydrogen) atoms. The summed E-state index contributed by atoms with van der Waals surface area (Å²) in [6, 6.07) is 1.78. The van der Waals surface area contributed by atoms with Crippen LogP contribution in [0.5, 0.6) is 5.88 Å². The van der Waals surface area contributed by atoms with Crippen LogP contribution in [-0.4, -0.2) is 29.8 Å². The van der Waals surface area contributed by atoms with E-state index in [1.54, 1.807) is 13.3 Å². The number of hydrogen-bond donors (Lipinski definition) is 1. The highest BCUT2D eigenvalue weighted by molar-refractivity contribution is 9.10. The molecular formula is C14H21BrN2O3. The number of rotatable bonds is 4. The smallest absolute Gasteiger partial charge is 0.407 e. The van der Waals surface area contributed by atoms with Crippen LogP contribution >= 0.6 is 15.9 Å². The molecule has 0 aliphatic rings. The zero-order chi connectivity index (χ0) is 15.3. The standard InChI is InChI=1S/C14H21BrN2O3/c1-9(17-13(18)20-14(2,3)4)6-10-7-12(19-5)16-8-11(10)15/h7-9H,6H2,1-5H3,(H,17,18). The molecule has 1 N–H and O–H groups in total. The number of methoxy groups -OCH3 is 1. The van der Waals surface area contributed by atoms with Crippen LogP contribution in [0.15, 0.2) is 16.7 Å². The van der Waals surface area contributed by atoms with Gasteiger partial charge in [0.1, 0.15) is 5.60 Å². The third-order valence-electron chi connectivity index (χ3n) is 2.41. The first-order valence-corrected chi connectivity index (χ1v) is 7.18. The van der Waals surface area contributed by atoms with Crippen LogP contribution in [0.4, 0.5) is 4.79 Å². The summed E-state index contributed by atoms with van der Waals surface area (Å²) in [5, 5.41) is 2.81. The summed E-state index contributed by atoms with van der Waals surface area (Å²) in [5.74, 6) is 0.549. The molecule has 112 valence electrons. The zero-order valence-electron chi connectivity index (χ0n) is 12.5. The Hall–Kier alpha value is -1.30. The van der Waals surface area contributed by atoms with E-state index in [-0.39, 0.29) is 6.04 Å². The van der Waals surface area contributed by atoms with Gasteiger partial charge in [-0.2, -0.15) is 0 Å². The second kappa shape index (κ2) is 6.92. The Labute approximate surface area is 128 Å². The Bertz CT molecular complexity index is 472. The van der Waals surface area contributed by atoms with Gasteiger partial charge in [0, 0.05) is 22.8 Å². The van der Waals surface area contributed by atoms with Gasteiger partial charge in [0.05, 0.1) is 7.11 Å². The highest BCUT2D eigenvalue weighted by atomic mass is 79.9. The van der Waals surface area contributed by atoms with E-state index in [1.165, 1.54) is 0 Å². The second-order valence-electron chi connectivity index (χ2n) is 5.57. The third kappa shape index (κ3) is 5.77. The number of amides is 1.